The number of aryl methyl sites for hydroxylation is 1. The molecule has 3 N–H and O–H groups in total. The number of anilines is 1. The van der Waals surface area contributed by atoms with Crippen LogP contribution in [0.2, 0.25) is 0 Å². The molecule has 1 aliphatic carbocycles. The number of carbonyl (C=O) groups is 1. The normalized spacial score (nSPS) is 15.9. The monoisotopic (exact) mass is 389 g/mol. The van der Waals surface area contributed by atoms with Gasteiger partial charge in [-0.3, -0.25) is 4.79 Å². The van der Waals surface area contributed by atoms with Crippen molar-refractivity contribution < 1.29 is 4.79 Å². The zero-order chi connectivity index (χ0) is 16.9. The van der Waals surface area contributed by atoms with E-state index in [0.29, 0.717) is 13.0 Å². The van der Waals surface area contributed by atoms with Crippen LogP contribution in [0.1, 0.15) is 49.7 Å². The van der Waals surface area contributed by atoms with Crippen molar-refractivity contribution in [2.75, 3.05) is 26.0 Å². The summed E-state index contributed by atoms with van der Waals surface area (Å²) in [4.78, 5) is 14.7. The van der Waals surface area contributed by atoms with Gasteiger partial charge in [0.2, 0.25) is 5.91 Å². The summed E-state index contributed by atoms with van der Waals surface area (Å²) in [5.74, 6) is 0.0983. The number of nitrogens with one attached hydrogen (secondary N) is 1. The fourth-order valence-corrected chi connectivity index (χ4v) is 3.61. The van der Waals surface area contributed by atoms with E-state index in [0.717, 1.165) is 30.6 Å². The predicted octanol–water partition coefficient (Wildman–Crippen LogP) is 4.14. The second-order valence-electron chi connectivity index (χ2n) is 7.39. The molecular formula is C19H33Cl2N3O. The van der Waals surface area contributed by atoms with Crippen LogP contribution >= 0.6 is 24.8 Å². The maximum absolute atomic E-state index is 12.6. The smallest absolute Gasteiger partial charge is 0.224 e. The van der Waals surface area contributed by atoms with E-state index in [-0.39, 0.29) is 36.1 Å². The lowest BCUT2D eigenvalue weighted by molar-refractivity contribution is -0.118. The summed E-state index contributed by atoms with van der Waals surface area (Å²) < 4.78 is 0. The summed E-state index contributed by atoms with van der Waals surface area (Å²) >= 11 is 0. The first kappa shape index (κ1) is 24.2. The van der Waals surface area contributed by atoms with E-state index in [1.807, 2.05) is 26.2 Å². The first-order valence-corrected chi connectivity index (χ1v) is 8.68. The molecule has 1 saturated carbocycles. The van der Waals surface area contributed by atoms with Gasteiger partial charge >= 0.3 is 0 Å². The quantitative estimate of drug-likeness (QED) is 0.768. The van der Waals surface area contributed by atoms with Crippen molar-refractivity contribution in [3.8, 4) is 0 Å². The van der Waals surface area contributed by atoms with Crippen molar-refractivity contribution >= 4 is 36.4 Å². The van der Waals surface area contributed by atoms with Gasteiger partial charge in [0.15, 0.2) is 0 Å². The zero-order valence-corrected chi connectivity index (χ0v) is 17.3. The van der Waals surface area contributed by atoms with Crippen molar-refractivity contribution in [3.63, 3.8) is 0 Å². The highest BCUT2D eigenvalue weighted by Gasteiger charge is 2.33. The zero-order valence-electron chi connectivity index (χ0n) is 15.6. The van der Waals surface area contributed by atoms with Crippen LogP contribution in [0.4, 0.5) is 5.69 Å². The van der Waals surface area contributed by atoms with Gasteiger partial charge in [0, 0.05) is 18.7 Å². The van der Waals surface area contributed by atoms with E-state index in [2.05, 4.69) is 23.2 Å². The summed E-state index contributed by atoms with van der Waals surface area (Å²) in [6, 6.07) is 6.21. The highest BCUT2D eigenvalue weighted by molar-refractivity contribution is 5.92. The van der Waals surface area contributed by atoms with E-state index in [9.17, 15) is 4.79 Å². The topological polar surface area (TPSA) is 58.4 Å². The first-order chi connectivity index (χ1) is 10.9. The maximum Gasteiger partial charge on any atom is 0.224 e. The van der Waals surface area contributed by atoms with Gasteiger partial charge in [0.05, 0.1) is 0 Å². The SMILES string of the molecule is Cc1ccc(NC(=O)CC2(CN)CCCCC2)c(CN(C)C)c1.Cl.Cl. The highest BCUT2D eigenvalue weighted by atomic mass is 35.5. The molecule has 2 rings (SSSR count). The third kappa shape index (κ3) is 7.14. The average Bonchev–Trinajstić information content (AvgIpc) is 2.50. The van der Waals surface area contributed by atoms with Crippen LogP contribution < -0.4 is 11.1 Å². The molecule has 1 aromatic rings. The molecular weight excluding hydrogens is 357 g/mol. The Morgan fingerprint density at radius 2 is 1.84 bits per heavy atom. The molecule has 0 bridgehead atoms. The highest BCUT2D eigenvalue weighted by Crippen LogP contribution is 2.38. The number of carbonyl (C=O) groups excluding carboxylic acids is 1. The largest absolute Gasteiger partial charge is 0.330 e. The Balaban J connectivity index is 0.00000288. The molecule has 25 heavy (non-hydrogen) atoms. The molecule has 0 heterocycles. The predicted molar refractivity (Wildman–Crippen MR) is 111 cm³/mol. The van der Waals surface area contributed by atoms with Crippen LogP contribution in [-0.4, -0.2) is 31.4 Å². The van der Waals surface area contributed by atoms with Crippen molar-refractivity contribution in [1.82, 2.24) is 4.90 Å². The Kier molecular flexibility index (Phi) is 10.7. The van der Waals surface area contributed by atoms with Crippen molar-refractivity contribution in [2.45, 2.75) is 52.0 Å². The molecule has 0 aromatic heterocycles. The summed E-state index contributed by atoms with van der Waals surface area (Å²) in [7, 11) is 4.08. The molecule has 1 amide bonds. The molecule has 4 nitrogen and oxygen atoms in total. The molecule has 0 aliphatic heterocycles. The first-order valence-electron chi connectivity index (χ1n) is 8.68. The molecule has 1 aliphatic rings. The lowest BCUT2D eigenvalue weighted by Gasteiger charge is -2.35. The standard InChI is InChI=1S/C19H31N3O.2ClH/c1-15-7-8-17(16(11-15)13-22(2)3)21-18(23)12-19(14-20)9-5-4-6-10-19;;/h7-8,11H,4-6,9-10,12-14,20H2,1-3H3,(H,21,23);2*1H. The van der Waals surface area contributed by atoms with Gasteiger partial charge in [-0.05, 0) is 57.5 Å². The second kappa shape index (κ2) is 11.0. The van der Waals surface area contributed by atoms with Gasteiger partial charge in [0.25, 0.3) is 0 Å². The summed E-state index contributed by atoms with van der Waals surface area (Å²) in [6.07, 6.45) is 6.36. The van der Waals surface area contributed by atoms with Crippen LogP contribution in [-0.2, 0) is 11.3 Å². The Hall–Kier alpha value is -0.810. The maximum atomic E-state index is 12.6. The number of rotatable bonds is 6. The lowest BCUT2D eigenvalue weighted by Crippen LogP contribution is -2.36. The van der Waals surface area contributed by atoms with Gasteiger partial charge < -0.3 is 16.0 Å². The minimum Gasteiger partial charge on any atom is -0.330 e. The van der Waals surface area contributed by atoms with Crippen LogP contribution in [0.3, 0.4) is 0 Å². The van der Waals surface area contributed by atoms with Crippen LogP contribution in [0.15, 0.2) is 18.2 Å². The molecule has 0 unspecified atom stereocenters. The van der Waals surface area contributed by atoms with Crippen molar-refractivity contribution in [1.29, 1.82) is 0 Å². The fourth-order valence-electron chi connectivity index (χ4n) is 3.61. The number of nitrogens with zero attached hydrogens (tertiary/aromatic N) is 1. The van der Waals surface area contributed by atoms with Gasteiger partial charge in [-0.25, -0.2) is 0 Å². The molecule has 0 radical (unpaired) electrons. The minimum atomic E-state index is 0. The van der Waals surface area contributed by atoms with E-state index in [1.165, 1.54) is 24.8 Å². The Labute approximate surface area is 164 Å². The van der Waals surface area contributed by atoms with Gasteiger partial charge in [-0.15, -0.1) is 24.8 Å². The van der Waals surface area contributed by atoms with Crippen LogP contribution in [0.5, 0.6) is 0 Å². The molecule has 0 saturated heterocycles. The Morgan fingerprint density at radius 3 is 2.40 bits per heavy atom. The van der Waals surface area contributed by atoms with E-state index < -0.39 is 0 Å². The van der Waals surface area contributed by atoms with Gasteiger partial charge in [-0.1, -0.05) is 37.0 Å². The number of nitrogens with two attached hydrogens (primary N) is 1. The third-order valence-corrected chi connectivity index (χ3v) is 4.90. The average molecular weight is 390 g/mol. The van der Waals surface area contributed by atoms with Crippen LogP contribution in [0.25, 0.3) is 0 Å². The van der Waals surface area contributed by atoms with E-state index in [4.69, 9.17) is 5.73 Å². The third-order valence-electron chi connectivity index (χ3n) is 4.90. The molecule has 144 valence electrons. The molecule has 1 fully saturated rings. The number of hydrogen-bond donors (Lipinski definition) is 2. The Morgan fingerprint density at radius 1 is 1.20 bits per heavy atom. The van der Waals surface area contributed by atoms with Gasteiger partial charge in [-0.2, -0.15) is 0 Å². The number of benzene rings is 1. The van der Waals surface area contributed by atoms with E-state index >= 15 is 0 Å². The number of hydrogen-bond acceptors (Lipinski definition) is 3. The van der Waals surface area contributed by atoms with Crippen molar-refractivity contribution in [3.05, 3.63) is 29.3 Å². The molecule has 1 aromatic carbocycles. The summed E-state index contributed by atoms with van der Waals surface area (Å²) in [5, 5.41) is 3.13. The number of halogens is 2. The lowest BCUT2D eigenvalue weighted by atomic mass is 9.71. The molecule has 0 spiro atoms. The van der Waals surface area contributed by atoms with Gasteiger partial charge in [0.1, 0.15) is 0 Å². The Bertz CT molecular complexity index is 543. The van der Waals surface area contributed by atoms with E-state index in [1.54, 1.807) is 0 Å². The fraction of sp³-hybridized carbons (Fsp3) is 0.632. The molecule has 6 heteroatoms. The molecule has 0 atom stereocenters. The summed E-state index contributed by atoms with van der Waals surface area (Å²) in [6.45, 7) is 3.51. The van der Waals surface area contributed by atoms with Crippen LogP contribution in [0, 0.1) is 12.3 Å². The second-order valence-corrected chi connectivity index (χ2v) is 7.39. The number of amides is 1. The minimum absolute atomic E-state index is 0. The van der Waals surface area contributed by atoms with Crippen molar-refractivity contribution in [2.24, 2.45) is 11.1 Å². The summed E-state index contributed by atoms with van der Waals surface area (Å²) in [5.41, 5.74) is 9.32.